The molecule has 6 heteroatoms. The van der Waals surface area contributed by atoms with Crippen molar-refractivity contribution in [1.29, 1.82) is 0 Å². The average molecular weight is 414 g/mol. The molecule has 2 heterocycles. The molecule has 0 unspecified atom stereocenters. The van der Waals surface area contributed by atoms with Crippen LogP contribution < -0.4 is 14.8 Å². The number of hydrogen-bond donors (Lipinski definition) is 1. The number of rotatable bonds is 5. The molecule has 0 bridgehead atoms. The second kappa shape index (κ2) is 8.00. The van der Waals surface area contributed by atoms with E-state index in [1.807, 2.05) is 48.5 Å². The molecule has 3 aromatic carbocycles. The summed E-state index contributed by atoms with van der Waals surface area (Å²) in [5.41, 5.74) is 3.43. The lowest BCUT2D eigenvalue weighted by Crippen LogP contribution is -2.11. The molecule has 1 aromatic heterocycles. The molecule has 1 N–H and O–H groups in total. The lowest BCUT2D eigenvalue weighted by atomic mass is 10.1. The molecule has 148 valence electrons. The van der Waals surface area contributed by atoms with Gasteiger partial charge in [-0.2, -0.15) is 0 Å². The maximum absolute atomic E-state index is 13.2. The highest BCUT2D eigenvalue weighted by Gasteiger charge is 2.21. The van der Waals surface area contributed by atoms with Gasteiger partial charge in [0.2, 0.25) is 6.79 Å². The van der Waals surface area contributed by atoms with Crippen LogP contribution in [0.25, 0.3) is 11.3 Å². The van der Waals surface area contributed by atoms with Crippen LogP contribution in [-0.2, 0) is 6.42 Å². The number of aromatic nitrogens is 1. The van der Waals surface area contributed by atoms with Gasteiger partial charge in [0.1, 0.15) is 4.88 Å². The van der Waals surface area contributed by atoms with Crippen LogP contribution in [0.3, 0.4) is 0 Å². The minimum atomic E-state index is -0.190. The Balaban J connectivity index is 1.47. The predicted octanol–water partition coefficient (Wildman–Crippen LogP) is 5.38. The van der Waals surface area contributed by atoms with Crippen LogP contribution in [0.15, 0.2) is 78.9 Å². The largest absolute Gasteiger partial charge is 0.454 e. The third-order valence-electron chi connectivity index (χ3n) is 4.75. The summed E-state index contributed by atoms with van der Waals surface area (Å²) in [5, 5.41) is 3.87. The second-order valence-electron chi connectivity index (χ2n) is 6.84. The van der Waals surface area contributed by atoms with Crippen molar-refractivity contribution < 1.29 is 14.3 Å². The quantitative estimate of drug-likeness (QED) is 0.476. The fourth-order valence-electron chi connectivity index (χ4n) is 3.32. The minimum Gasteiger partial charge on any atom is -0.454 e. The second-order valence-corrected chi connectivity index (χ2v) is 7.92. The first-order valence-electron chi connectivity index (χ1n) is 9.56. The van der Waals surface area contributed by atoms with Crippen molar-refractivity contribution in [3.05, 3.63) is 94.3 Å². The van der Waals surface area contributed by atoms with E-state index >= 15 is 0 Å². The third-order valence-corrected chi connectivity index (χ3v) is 5.81. The Morgan fingerprint density at radius 2 is 1.67 bits per heavy atom. The molecule has 30 heavy (non-hydrogen) atoms. The van der Waals surface area contributed by atoms with E-state index in [0.717, 1.165) is 16.1 Å². The molecule has 0 saturated heterocycles. The Kier molecular flexibility index (Phi) is 4.91. The van der Waals surface area contributed by atoms with Crippen LogP contribution in [0.4, 0.5) is 5.69 Å². The van der Waals surface area contributed by atoms with Crippen LogP contribution in [-0.4, -0.2) is 17.7 Å². The molecule has 0 aliphatic carbocycles. The van der Waals surface area contributed by atoms with E-state index in [9.17, 15) is 4.79 Å². The van der Waals surface area contributed by atoms with Crippen molar-refractivity contribution in [3.63, 3.8) is 0 Å². The van der Waals surface area contributed by atoms with Gasteiger partial charge < -0.3 is 14.8 Å². The number of benzene rings is 3. The van der Waals surface area contributed by atoms with Crippen molar-refractivity contribution >= 4 is 22.9 Å². The highest BCUT2D eigenvalue weighted by molar-refractivity contribution is 7.14. The Hall–Kier alpha value is -3.64. The van der Waals surface area contributed by atoms with Crippen LogP contribution in [0.5, 0.6) is 11.5 Å². The fourth-order valence-corrected chi connectivity index (χ4v) is 4.33. The van der Waals surface area contributed by atoms with Crippen LogP contribution in [0.2, 0.25) is 0 Å². The molecular formula is C24H18N2O3S. The van der Waals surface area contributed by atoms with Gasteiger partial charge in [0.05, 0.1) is 10.7 Å². The molecule has 0 saturated carbocycles. The van der Waals surface area contributed by atoms with Gasteiger partial charge in [0, 0.05) is 23.7 Å². The molecule has 5 rings (SSSR count). The lowest BCUT2D eigenvalue weighted by molar-refractivity contribution is 0.103. The van der Waals surface area contributed by atoms with Crippen molar-refractivity contribution in [2.45, 2.75) is 6.42 Å². The van der Waals surface area contributed by atoms with Gasteiger partial charge in [-0.1, -0.05) is 60.7 Å². The summed E-state index contributed by atoms with van der Waals surface area (Å²) in [6, 6.07) is 25.3. The van der Waals surface area contributed by atoms with Gasteiger partial charge in [-0.05, 0) is 17.7 Å². The average Bonchev–Trinajstić information content (AvgIpc) is 3.42. The Morgan fingerprint density at radius 1 is 0.933 bits per heavy atom. The summed E-state index contributed by atoms with van der Waals surface area (Å²) in [4.78, 5) is 18.6. The summed E-state index contributed by atoms with van der Waals surface area (Å²) in [5.74, 6) is 1.12. The first-order chi connectivity index (χ1) is 14.8. The van der Waals surface area contributed by atoms with Crippen molar-refractivity contribution in [3.8, 4) is 22.8 Å². The van der Waals surface area contributed by atoms with Gasteiger partial charge in [-0.25, -0.2) is 4.98 Å². The molecule has 5 nitrogen and oxygen atoms in total. The number of carbonyl (C=O) groups is 1. The topological polar surface area (TPSA) is 60.5 Å². The van der Waals surface area contributed by atoms with Crippen molar-refractivity contribution in [2.24, 2.45) is 0 Å². The maximum Gasteiger partial charge on any atom is 0.268 e. The zero-order valence-corrected chi connectivity index (χ0v) is 16.8. The van der Waals surface area contributed by atoms with Crippen LogP contribution in [0.1, 0.15) is 20.2 Å². The number of hydrogen-bond acceptors (Lipinski definition) is 5. The number of ether oxygens (including phenoxy) is 2. The number of carbonyl (C=O) groups excluding carboxylic acids is 1. The molecule has 1 aliphatic rings. The monoisotopic (exact) mass is 414 g/mol. The number of thiazole rings is 1. The van der Waals surface area contributed by atoms with E-state index in [4.69, 9.17) is 14.5 Å². The minimum absolute atomic E-state index is 0.190. The highest BCUT2D eigenvalue weighted by atomic mass is 32.1. The standard InChI is InChI=1S/C24H18N2O3S/c27-24(25-18-11-12-19-20(14-18)29-15-28-19)23-22(17-9-5-2-6-10-17)26-21(30-23)13-16-7-3-1-4-8-16/h1-12,14H,13,15H2,(H,25,27). The van der Waals surface area contributed by atoms with Gasteiger partial charge >= 0.3 is 0 Å². The van der Waals surface area contributed by atoms with E-state index < -0.39 is 0 Å². The summed E-state index contributed by atoms with van der Waals surface area (Å²) in [7, 11) is 0. The zero-order valence-electron chi connectivity index (χ0n) is 16.0. The molecule has 0 atom stereocenters. The number of fused-ring (bicyclic) bond motifs is 1. The van der Waals surface area contributed by atoms with E-state index in [-0.39, 0.29) is 12.7 Å². The molecule has 1 aliphatic heterocycles. The molecule has 0 radical (unpaired) electrons. The molecule has 0 fully saturated rings. The predicted molar refractivity (Wildman–Crippen MR) is 117 cm³/mol. The maximum atomic E-state index is 13.2. The Bertz CT molecular complexity index is 1190. The zero-order chi connectivity index (χ0) is 20.3. The van der Waals surface area contributed by atoms with Crippen molar-refractivity contribution in [1.82, 2.24) is 4.98 Å². The van der Waals surface area contributed by atoms with Crippen LogP contribution in [0, 0.1) is 0 Å². The van der Waals surface area contributed by atoms with Gasteiger partial charge in [0.15, 0.2) is 11.5 Å². The SMILES string of the molecule is O=C(Nc1ccc2c(c1)OCO2)c1sc(Cc2ccccc2)nc1-c1ccccc1. The molecular weight excluding hydrogens is 396 g/mol. The molecule has 1 amide bonds. The summed E-state index contributed by atoms with van der Waals surface area (Å²) >= 11 is 1.42. The van der Waals surface area contributed by atoms with E-state index in [1.165, 1.54) is 11.3 Å². The van der Waals surface area contributed by atoms with Gasteiger partial charge in [0.25, 0.3) is 5.91 Å². The smallest absolute Gasteiger partial charge is 0.268 e. The normalized spacial score (nSPS) is 12.0. The summed E-state index contributed by atoms with van der Waals surface area (Å²) in [6.45, 7) is 0.197. The first kappa shape index (κ1) is 18.4. The number of nitrogens with one attached hydrogen (secondary N) is 1. The summed E-state index contributed by atoms with van der Waals surface area (Å²) < 4.78 is 10.7. The Labute approximate surface area is 177 Å². The lowest BCUT2D eigenvalue weighted by Gasteiger charge is -2.06. The third kappa shape index (κ3) is 3.77. The van der Waals surface area contributed by atoms with E-state index in [0.29, 0.717) is 34.2 Å². The van der Waals surface area contributed by atoms with E-state index in [1.54, 1.807) is 18.2 Å². The van der Waals surface area contributed by atoms with E-state index in [2.05, 4.69) is 17.4 Å². The molecule has 4 aromatic rings. The highest BCUT2D eigenvalue weighted by Crippen LogP contribution is 2.35. The number of anilines is 1. The summed E-state index contributed by atoms with van der Waals surface area (Å²) in [6.07, 6.45) is 0.683. The van der Waals surface area contributed by atoms with Gasteiger partial charge in [-0.15, -0.1) is 11.3 Å². The van der Waals surface area contributed by atoms with Gasteiger partial charge in [-0.3, -0.25) is 4.79 Å². The Morgan fingerprint density at radius 3 is 2.47 bits per heavy atom. The number of amides is 1. The fraction of sp³-hybridized carbons (Fsp3) is 0.0833. The van der Waals surface area contributed by atoms with Crippen molar-refractivity contribution in [2.75, 3.05) is 12.1 Å². The molecule has 0 spiro atoms. The van der Waals surface area contributed by atoms with Crippen LogP contribution >= 0.6 is 11.3 Å². The number of nitrogens with zero attached hydrogens (tertiary/aromatic N) is 1. The first-order valence-corrected chi connectivity index (χ1v) is 10.4.